The lowest BCUT2D eigenvalue weighted by atomic mass is 10.0. The van der Waals surface area contributed by atoms with E-state index in [0.29, 0.717) is 17.2 Å². The second-order valence-electron chi connectivity index (χ2n) is 10.7. The van der Waals surface area contributed by atoms with Gasteiger partial charge in [-0.2, -0.15) is 15.2 Å². The van der Waals surface area contributed by atoms with Gasteiger partial charge in [-0.3, -0.25) is 9.78 Å². The summed E-state index contributed by atoms with van der Waals surface area (Å²) in [5, 5.41) is 10.4. The van der Waals surface area contributed by atoms with Crippen molar-refractivity contribution in [1.82, 2.24) is 29.4 Å². The van der Waals surface area contributed by atoms with E-state index in [1.54, 1.807) is 41.6 Å². The van der Waals surface area contributed by atoms with E-state index < -0.39 is 29.4 Å². The van der Waals surface area contributed by atoms with Gasteiger partial charge < -0.3 is 19.1 Å². The zero-order valence-corrected chi connectivity index (χ0v) is 25.3. The molecule has 3 aromatic heterocycles. The van der Waals surface area contributed by atoms with Crippen LogP contribution in [0.25, 0.3) is 32.9 Å². The van der Waals surface area contributed by atoms with E-state index in [-0.39, 0.29) is 71.7 Å². The third kappa shape index (κ3) is 5.67. The average Bonchev–Trinajstić information content (AvgIpc) is 3.46. The van der Waals surface area contributed by atoms with E-state index in [0.717, 1.165) is 5.82 Å². The fraction of sp³-hybridized carbons (Fsp3) is 0.250. The van der Waals surface area contributed by atoms with Crippen molar-refractivity contribution >= 4 is 45.0 Å². The summed E-state index contributed by atoms with van der Waals surface area (Å²) in [6.45, 7) is 3.56. The zero-order chi connectivity index (χ0) is 32.5. The molecule has 0 radical (unpaired) electrons. The number of hydrogen-bond donors (Lipinski definition) is 0. The first-order valence-electron chi connectivity index (χ1n) is 14.3. The van der Waals surface area contributed by atoms with Gasteiger partial charge >= 0.3 is 6.01 Å². The predicted octanol–water partition coefficient (Wildman–Crippen LogP) is 5.55. The zero-order valence-electron chi connectivity index (χ0n) is 24.6. The molecule has 6 rings (SSSR count). The molecule has 1 aliphatic heterocycles. The van der Waals surface area contributed by atoms with Crippen LogP contribution in [0.2, 0.25) is 5.02 Å². The molecular formula is C32H26ClF3N8O2. The van der Waals surface area contributed by atoms with E-state index in [1.165, 1.54) is 17.2 Å². The minimum Gasteiger partial charge on any atom is -0.463 e. The SMILES string of the molecule is C=C(F)C(=O)N1CCN(c2nc(OCCc3nccn3C)nc3c(F)c(-c4cccc5ccc(F)c(Cl)c45)ncc23)C[C@@H]1CC#N. The lowest BCUT2D eigenvalue weighted by Crippen LogP contribution is -2.55. The Morgan fingerprint density at radius 1 is 1.20 bits per heavy atom. The Morgan fingerprint density at radius 2 is 2.02 bits per heavy atom. The highest BCUT2D eigenvalue weighted by molar-refractivity contribution is 6.36. The quantitative estimate of drug-likeness (QED) is 0.202. The van der Waals surface area contributed by atoms with Gasteiger partial charge in [-0.1, -0.05) is 42.4 Å². The molecule has 1 aliphatic rings. The number of aryl methyl sites for hydroxylation is 1. The van der Waals surface area contributed by atoms with Crippen LogP contribution in [0, 0.1) is 23.0 Å². The highest BCUT2D eigenvalue weighted by Gasteiger charge is 2.33. The maximum Gasteiger partial charge on any atom is 0.319 e. The highest BCUT2D eigenvalue weighted by Crippen LogP contribution is 2.38. The first-order chi connectivity index (χ1) is 22.2. The number of fused-ring (bicyclic) bond motifs is 2. The number of benzene rings is 2. The van der Waals surface area contributed by atoms with Gasteiger partial charge in [-0.25, -0.2) is 18.2 Å². The number of imidazole rings is 1. The predicted molar refractivity (Wildman–Crippen MR) is 166 cm³/mol. The molecule has 2 aromatic carbocycles. The van der Waals surface area contributed by atoms with Crippen LogP contribution >= 0.6 is 11.6 Å². The van der Waals surface area contributed by atoms with Crippen LogP contribution in [-0.2, 0) is 18.3 Å². The largest absolute Gasteiger partial charge is 0.463 e. The number of pyridine rings is 1. The number of amides is 1. The maximum atomic E-state index is 16.6. The molecule has 1 amide bonds. The van der Waals surface area contributed by atoms with E-state index in [1.807, 2.05) is 17.7 Å². The van der Waals surface area contributed by atoms with Crippen LogP contribution in [0.5, 0.6) is 6.01 Å². The van der Waals surface area contributed by atoms with Crippen LogP contribution in [0.1, 0.15) is 12.2 Å². The summed E-state index contributed by atoms with van der Waals surface area (Å²) < 4.78 is 52.6. The summed E-state index contributed by atoms with van der Waals surface area (Å²) in [6.07, 6.45) is 5.21. The summed E-state index contributed by atoms with van der Waals surface area (Å²) in [5.41, 5.74) is 0.0545. The minimum absolute atomic E-state index is 0.0586. The van der Waals surface area contributed by atoms with E-state index in [9.17, 15) is 18.8 Å². The normalized spacial score (nSPS) is 14.9. The molecule has 0 N–H and O–H groups in total. The van der Waals surface area contributed by atoms with Crippen molar-refractivity contribution in [3.05, 3.63) is 83.8 Å². The van der Waals surface area contributed by atoms with Gasteiger partial charge in [0.15, 0.2) is 11.6 Å². The number of nitriles is 1. The number of piperazine rings is 1. The molecule has 234 valence electrons. The van der Waals surface area contributed by atoms with Gasteiger partial charge in [-0.15, -0.1) is 0 Å². The first kappa shape index (κ1) is 30.8. The summed E-state index contributed by atoms with van der Waals surface area (Å²) >= 11 is 6.34. The van der Waals surface area contributed by atoms with E-state index in [4.69, 9.17) is 16.3 Å². The maximum absolute atomic E-state index is 16.6. The standard InChI is InChI=1S/C32H26ClF3N8O2/c1-18(34)31(45)44-14-13-43(17-20(44)8-10-37)30-22-16-39-28(21-5-3-4-19-6-7-23(35)26(33)25(19)21)27(36)29(22)40-32(41-30)46-15-9-24-38-11-12-42(24)2/h3-7,11-12,16,20H,1,8-9,13-15,17H2,2H3/t20-/m0/s1. The number of carbonyl (C=O) groups excluding carboxylic acids is 1. The topological polar surface area (TPSA) is 113 Å². The van der Waals surface area contributed by atoms with Crippen LogP contribution in [-0.4, -0.2) is 67.6 Å². The monoisotopic (exact) mass is 646 g/mol. The summed E-state index contributed by atoms with van der Waals surface area (Å²) in [7, 11) is 1.85. The molecule has 1 atom stereocenters. The van der Waals surface area contributed by atoms with Crippen molar-refractivity contribution in [1.29, 1.82) is 5.26 Å². The van der Waals surface area contributed by atoms with Crippen molar-refractivity contribution in [3.8, 4) is 23.3 Å². The molecule has 0 unspecified atom stereocenters. The van der Waals surface area contributed by atoms with Crippen molar-refractivity contribution < 1.29 is 22.7 Å². The number of hydrogen-bond acceptors (Lipinski definition) is 8. The second kappa shape index (κ2) is 12.6. The number of anilines is 1. The van der Waals surface area contributed by atoms with Crippen molar-refractivity contribution in [2.24, 2.45) is 7.05 Å². The van der Waals surface area contributed by atoms with Crippen LogP contribution in [0.3, 0.4) is 0 Å². The molecule has 14 heteroatoms. The van der Waals surface area contributed by atoms with E-state index >= 15 is 4.39 Å². The Hall–Kier alpha value is -5.22. The second-order valence-corrected chi connectivity index (χ2v) is 11.1. The van der Waals surface area contributed by atoms with Gasteiger partial charge in [0, 0.05) is 62.6 Å². The summed E-state index contributed by atoms with van der Waals surface area (Å²) in [5.74, 6) is -2.47. The summed E-state index contributed by atoms with van der Waals surface area (Å²) in [4.78, 5) is 33.2. The van der Waals surface area contributed by atoms with Gasteiger partial charge in [0.05, 0.1) is 35.5 Å². The molecule has 0 aliphatic carbocycles. The van der Waals surface area contributed by atoms with Crippen LogP contribution in [0.15, 0.2) is 61.3 Å². The lowest BCUT2D eigenvalue weighted by Gasteiger charge is -2.41. The van der Waals surface area contributed by atoms with Crippen LogP contribution < -0.4 is 9.64 Å². The molecule has 10 nitrogen and oxygen atoms in total. The average molecular weight is 647 g/mol. The molecule has 1 fully saturated rings. The Bertz CT molecular complexity index is 2050. The third-order valence-corrected chi connectivity index (χ3v) is 8.28. The molecule has 1 saturated heterocycles. The molecule has 4 heterocycles. The molecule has 0 spiro atoms. The molecule has 0 saturated carbocycles. The number of ether oxygens (including phenoxy) is 1. The smallest absolute Gasteiger partial charge is 0.319 e. The van der Waals surface area contributed by atoms with Crippen molar-refractivity contribution in [2.75, 3.05) is 31.1 Å². The first-order valence-corrected chi connectivity index (χ1v) is 14.6. The van der Waals surface area contributed by atoms with Crippen molar-refractivity contribution in [3.63, 3.8) is 0 Å². The minimum atomic E-state index is -1.13. The van der Waals surface area contributed by atoms with E-state index in [2.05, 4.69) is 26.5 Å². The van der Waals surface area contributed by atoms with Gasteiger partial charge in [0.2, 0.25) is 0 Å². The number of rotatable bonds is 8. The van der Waals surface area contributed by atoms with Gasteiger partial charge in [0.25, 0.3) is 5.91 Å². The number of carbonyl (C=O) groups is 1. The summed E-state index contributed by atoms with van der Waals surface area (Å²) in [6, 6.07) is 9.03. The molecule has 46 heavy (non-hydrogen) atoms. The Morgan fingerprint density at radius 3 is 2.76 bits per heavy atom. The lowest BCUT2D eigenvalue weighted by molar-refractivity contribution is -0.131. The number of halogens is 4. The van der Waals surface area contributed by atoms with Gasteiger partial charge in [-0.05, 0) is 11.5 Å². The Kier molecular flexibility index (Phi) is 8.46. The van der Waals surface area contributed by atoms with Crippen molar-refractivity contribution in [2.45, 2.75) is 18.9 Å². The third-order valence-electron chi connectivity index (χ3n) is 7.91. The molecule has 0 bridgehead atoms. The fourth-order valence-corrected chi connectivity index (χ4v) is 5.92. The molecule has 5 aromatic rings. The molecular weight excluding hydrogens is 621 g/mol. The number of aromatic nitrogens is 5. The van der Waals surface area contributed by atoms with Crippen LogP contribution in [0.4, 0.5) is 19.0 Å². The fourth-order valence-electron chi connectivity index (χ4n) is 5.64. The highest BCUT2D eigenvalue weighted by atomic mass is 35.5. The number of nitrogens with zero attached hydrogens (tertiary/aromatic N) is 8. The Labute approximate surface area is 266 Å². The Balaban J connectivity index is 1.45. The van der Waals surface area contributed by atoms with Gasteiger partial charge in [0.1, 0.15) is 28.7 Å².